The van der Waals surface area contributed by atoms with E-state index >= 15 is 0 Å². The summed E-state index contributed by atoms with van der Waals surface area (Å²) in [4.78, 5) is 4.41. The molecular formula is C46H101N3NiO15Si-4. The second-order valence-electron chi connectivity index (χ2n) is 16.5. The molecule has 0 heterocycles. The van der Waals surface area contributed by atoms with Crippen molar-refractivity contribution in [2.45, 2.75) is 132 Å². The van der Waals surface area contributed by atoms with Gasteiger partial charge < -0.3 is 103 Å². The summed E-state index contributed by atoms with van der Waals surface area (Å²) in [6.45, 7) is 3.18. The molecule has 408 valence electrons. The van der Waals surface area contributed by atoms with Crippen molar-refractivity contribution in [2.24, 2.45) is 0 Å². The molecule has 0 spiro atoms. The van der Waals surface area contributed by atoms with E-state index < -0.39 is 84.9 Å². The Morgan fingerprint density at radius 3 is 0.818 bits per heavy atom. The van der Waals surface area contributed by atoms with Crippen LogP contribution < -0.4 is 0 Å². The molecule has 0 saturated heterocycles. The molecular weight excluding hydrogens is 921 g/mol. The van der Waals surface area contributed by atoms with Gasteiger partial charge in [0.2, 0.25) is 0 Å². The van der Waals surface area contributed by atoms with E-state index in [4.69, 9.17) is 13.3 Å². The number of hydrogen-bond donors (Lipinski definition) is 12. The van der Waals surface area contributed by atoms with Gasteiger partial charge in [0.05, 0.1) is 116 Å². The maximum atomic E-state index is 9.91. The van der Waals surface area contributed by atoms with Crippen molar-refractivity contribution in [3.8, 4) is 0 Å². The second-order valence-corrected chi connectivity index (χ2v) is 19.2. The number of nitrogens with zero attached hydrogens (tertiary/aromatic N) is 3. The maximum Gasteiger partial charge on any atom is 0.498 e. The third kappa shape index (κ3) is 29.4. The number of rotatable bonds is 46. The molecule has 0 saturated carbocycles. The van der Waals surface area contributed by atoms with Crippen LogP contribution in [0.5, 0.6) is 0 Å². The van der Waals surface area contributed by atoms with Gasteiger partial charge >= 0.3 is 8.80 Å². The van der Waals surface area contributed by atoms with Crippen LogP contribution in [0.1, 0.15) is 110 Å². The monoisotopic (exact) mass is 1020 g/mol. The van der Waals surface area contributed by atoms with Gasteiger partial charge in [-0.2, -0.15) is 12.8 Å². The first-order valence-corrected chi connectivity index (χ1v) is 25.5. The SMILES string of the molecule is [CH2-]CCCCCCCCCCCCCCCC.[CH2-]CC[Si](OCCN(CCO)C(CO)(CO)CO)(OCCN(CCO)C(CO)(CO)CO)OCCN(CCO)C(CO)(CO)CO.[CH3-].[CH3-].[Ni]. The van der Waals surface area contributed by atoms with Crippen LogP contribution in [0.2, 0.25) is 6.04 Å². The molecule has 0 atom stereocenters. The van der Waals surface area contributed by atoms with Gasteiger partial charge in [-0.15, -0.1) is 0 Å². The third-order valence-corrected chi connectivity index (χ3v) is 14.8. The van der Waals surface area contributed by atoms with Crippen molar-refractivity contribution in [1.29, 1.82) is 0 Å². The van der Waals surface area contributed by atoms with E-state index in [0.717, 1.165) is 6.42 Å². The summed E-state index contributed by atoms with van der Waals surface area (Å²) in [6.07, 6.45) is 21.6. The molecule has 20 heteroatoms. The van der Waals surface area contributed by atoms with Crippen molar-refractivity contribution in [1.82, 2.24) is 14.7 Å². The van der Waals surface area contributed by atoms with Crippen molar-refractivity contribution >= 4 is 8.80 Å². The topological polar surface area (TPSA) is 280 Å². The normalized spacial score (nSPS) is 12.3. The first-order valence-electron chi connectivity index (χ1n) is 23.6. The maximum absolute atomic E-state index is 9.91. The zero-order valence-electron chi connectivity index (χ0n) is 41.5. The van der Waals surface area contributed by atoms with Gasteiger partial charge in [-0.25, -0.2) is 0 Å². The molecule has 12 N–H and O–H groups in total. The van der Waals surface area contributed by atoms with Crippen molar-refractivity contribution in [3.05, 3.63) is 28.7 Å². The van der Waals surface area contributed by atoms with Crippen LogP contribution in [0.25, 0.3) is 0 Å². The molecule has 0 aliphatic carbocycles. The van der Waals surface area contributed by atoms with Gasteiger partial charge in [-0.3, -0.25) is 14.7 Å². The Labute approximate surface area is 412 Å². The van der Waals surface area contributed by atoms with Gasteiger partial charge in [0, 0.05) is 55.8 Å². The predicted molar refractivity (Wildman–Crippen MR) is 259 cm³/mol. The van der Waals surface area contributed by atoms with Crippen LogP contribution in [0.3, 0.4) is 0 Å². The molecule has 0 aromatic heterocycles. The van der Waals surface area contributed by atoms with Crippen LogP contribution >= 0.6 is 0 Å². The molecule has 66 heavy (non-hydrogen) atoms. The minimum Gasteiger partial charge on any atom is -0.395 e. The summed E-state index contributed by atoms with van der Waals surface area (Å²) >= 11 is 0. The zero-order valence-corrected chi connectivity index (χ0v) is 43.5. The molecule has 0 amide bonds. The van der Waals surface area contributed by atoms with Gasteiger partial charge in [-0.1, -0.05) is 96.8 Å². The van der Waals surface area contributed by atoms with Crippen LogP contribution in [-0.4, -0.2) is 240 Å². The molecule has 0 bridgehead atoms. The summed E-state index contributed by atoms with van der Waals surface area (Å²) in [7, 11) is -3.73. The molecule has 18 nitrogen and oxygen atoms in total. The predicted octanol–water partition coefficient (Wildman–Crippen LogP) is 0.819. The Balaban J connectivity index is -0.000000524. The van der Waals surface area contributed by atoms with Crippen molar-refractivity contribution in [3.63, 3.8) is 0 Å². The number of aliphatic hydroxyl groups excluding tert-OH is 12. The van der Waals surface area contributed by atoms with E-state index in [9.17, 15) is 61.3 Å². The molecule has 0 rings (SSSR count). The standard InChI is InChI=1S/C27H60N3O15Si.C17H35.2CH3.Ni/c1-2-15-46(43-12-6-28(3-9-31)25(16-34,17-35)18-36,44-13-7-29(4-10-32)26(19-37,20-38)21-39)45-14-8-30(5-11-33)27(22-40,23-41)24-42;1-3-5-7-9-11-13-15-17-16-14-12-10-8-6-4-2;;;/h31-42H,1-24H2;1,3-17H2,2H3;2*1H3;/q4*-1;. The van der Waals surface area contributed by atoms with E-state index in [1.54, 1.807) is 0 Å². The van der Waals surface area contributed by atoms with Gasteiger partial charge in [0.15, 0.2) is 0 Å². The van der Waals surface area contributed by atoms with E-state index in [1.165, 1.54) is 105 Å². The molecule has 0 aromatic carbocycles. The number of unbranched alkanes of at least 4 members (excludes halogenated alkanes) is 14. The quantitative estimate of drug-likeness (QED) is 0.0229. The van der Waals surface area contributed by atoms with Crippen LogP contribution in [0.15, 0.2) is 0 Å². The average Bonchev–Trinajstić information content (AvgIpc) is 3.30. The smallest absolute Gasteiger partial charge is 0.395 e. The Kier molecular flexibility index (Phi) is 55.2. The number of hydrogen-bond acceptors (Lipinski definition) is 18. The molecule has 0 aliphatic heterocycles. The fraction of sp³-hybridized carbons (Fsp3) is 0.913. The minimum atomic E-state index is -3.73. The number of aliphatic hydroxyl groups is 12. The first-order chi connectivity index (χ1) is 30.5. The van der Waals surface area contributed by atoms with Gasteiger partial charge in [-0.05, 0) is 6.04 Å². The third-order valence-electron chi connectivity index (χ3n) is 11.9. The fourth-order valence-corrected chi connectivity index (χ4v) is 9.66. The van der Waals surface area contributed by atoms with E-state index in [2.05, 4.69) is 20.8 Å². The number of β-amino-alcohol motifs (C(OH)–C–C–N with tert-alkyl or cyclic N) is 3. The van der Waals surface area contributed by atoms with E-state index in [1.807, 2.05) is 0 Å². The summed E-state index contributed by atoms with van der Waals surface area (Å²) in [5.41, 5.74) is -4.36. The summed E-state index contributed by atoms with van der Waals surface area (Å²) in [5, 5.41) is 118. The van der Waals surface area contributed by atoms with E-state index in [0.29, 0.717) is 0 Å². The Morgan fingerprint density at radius 2 is 0.621 bits per heavy atom. The largest absolute Gasteiger partial charge is 0.498 e. The Hall–Kier alpha value is -0.00961. The Morgan fingerprint density at radius 1 is 0.379 bits per heavy atom. The first kappa shape index (κ1) is 74.9. The zero-order chi connectivity index (χ0) is 47.7. The van der Waals surface area contributed by atoms with Gasteiger partial charge in [0.1, 0.15) is 0 Å². The van der Waals surface area contributed by atoms with Crippen molar-refractivity contribution < 1.29 is 91.0 Å². The molecule has 0 radical (unpaired) electrons. The average molecular weight is 1020 g/mol. The van der Waals surface area contributed by atoms with Crippen molar-refractivity contribution in [2.75, 3.05) is 138 Å². The van der Waals surface area contributed by atoms with Crippen LogP contribution in [-0.2, 0) is 29.8 Å². The fourth-order valence-electron chi connectivity index (χ4n) is 7.33. The van der Waals surface area contributed by atoms with Crippen LogP contribution in [0, 0.1) is 28.7 Å². The Bertz CT molecular complexity index is 853. The van der Waals surface area contributed by atoms with Gasteiger partial charge in [0.25, 0.3) is 0 Å². The molecule has 0 fully saturated rings. The summed E-state index contributed by atoms with van der Waals surface area (Å²) < 4.78 is 18.7. The molecule has 0 aromatic rings. The second kappa shape index (κ2) is 48.6. The summed E-state index contributed by atoms with van der Waals surface area (Å²) in [6, 6.07) is 0.175. The van der Waals surface area contributed by atoms with E-state index in [-0.39, 0.29) is 123 Å². The van der Waals surface area contributed by atoms with Crippen LogP contribution in [0.4, 0.5) is 0 Å². The summed E-state index contributed by atoms with van der Waals surface area (Å²) in [5.74, 6) is 0. The molecule has 0 unspecified atom stereocenters. The minimum absolute atomic E-state index is 0. The molecule has 0 aliphatic rings.